The van der Waals surface area contributed by atoms with Gasteiger partial charge in [0.05, 0.1) is 0 Å². The lowest BCUT2D eigenvalue weighted by Gasteiger charge is -2.11. The Morgan fingerprint density at radius 1 is 1.19 bits per heavy atom. The van der Waals surface area contributed by atoms with Gasteiger partial charge in [-0.05, 0) is 43.7 Å². The van der Waals surface area contributed by atoms with Gasteiger partial charge in [-0.2, -0.15) is 0 Å². The summed E-state index contributed by atoms with van der Waals surface area (Å²) in [4.78, 5) is 23.4. The summed E-state index contributed by atoms with van der Waals surface area (Å²) in [5.74, 6) is -0.661. The molecule has 6 heteroatoms. The van der Waals surface area contributed by atoms with Crippen LogP contribution < -0.4 is 16.0 Å². The summed E-state index contributed by atoms with van der Waals surface area (Å²) in [6.45, 7) is 1.71. The highest BCUT2D eigenvalue weighted by Crippen LogP contribution is 2.07. The van der Waals surface area contributed by atoms with E-state index in [2.05, 4.69) is 16.0 Å². The van der Waals surface area contributed by atoms with Crippen LogP contribution in [0, 0.1) is 5.82 Å². The van der Waals surface area contributed by atoms with Crippen LogP contribution in [0.3, 0.4) is 0 Å². The molecule has 0 spiro atoms. The number of rotatable bonds is 6. The molecule has 2 amide bonds. The SMILES string of the molecule is O=C(CC1CCCN1)NCCNC(=O)c1ccc(F)cc1. The van der Waals surface area contributed by atoms with E-state index in [4.69, 9.17) is 0 Å². The topological polar surface area (TPSA) is 70.2 Å². The largest absolute Gasteiger partial charge is 0.354 e. The third kappa shape index (κ3) is 5.15. The van der Waals surface area contributed by atoms with Gasteiger partial charge < -0.3 is 16.0 Å². The minimum Gasteiger partial charge on any atom is -0.354 e. The fourth-order valence-electron chi connectivity index (χ4n) is 2.31. The van der Waals surface area contributed by atoms with Gasteiger partial charge in [-0.1, -0.05) is 0 Å². The summed E-state index contributed by atoms with van der Waals surface area (Å²) in [6.07, 6.45) is 2.63. The van der Waals surface area contributed by atoms with Gasteiger partial charge in [0.15, 0.2) is 0 Å². The number of carbonyl (C=O) groups excluding carboxylic acids is 2. The van der Waals surface area contributed by atoms with Crippen LogP contribution in [0.1, 0.15) is 29.6 Å². The third-order valence-corrected chi connectivity index (χ3v) is 3.43. The average molecular weight is 293 g/mol. The number of hydrogen-bond donors (Lipinski definition) is 3. The zero-order valence-corrected chi connectivity index (χ0v) is 11.8. The zero-order valence-electron chi connectivity index (χ0n) is 11.8. The first-order chi connectivity index (χ1) is 10.1. The van der Waals surface area contributed by atoms with E-state index in [-0.39, 0.29) is 23.7 Å². The van der Waals surface area contributed by atoms with Crippen molar-refractivity contribution in [1.82, 2.24) is 16.0 Å². The lowest BCUT2D eigenvalue weighted by Crippen LogP contribution is -2.37. The zero-order chi connectivity index (χ0) is 15.1. The minimum absolute atomic E-state index is 0.00886. The summed E-state index contributed by atoms with van der Waals surface area (Å²) in [5, 5.41) is 8.71. The van der Waals surface area contributed by atoms with Crippen molar-refractivity contribution >= 4 is 11.8 Å². The quantitative estimate of drug-likeness (QED) is 0.680. The van der Waals surface area contributed by atoms with Crippen LogP contribution >= 0.6 is 0 Å². The standard InChI is InChI=1S/C15H20FN3O2/c16-12-5-3-11(4-6-12)15(21)19-9-8-18-14(20)10-13-2-1-7-17-13/h3-6,13,17H,1-2,7-10H2,(H,18,20)(H,19,21). The molecule has 0 saturated carbocycles. The number of halogens is 1. The highest BCUT2D eigenvalue weighted by Gasteiger charge is 2.17. The highest BCUT2D eigenvalue weighted by molar-refractivity contribution is 5.94. The van der Waals surface area contributed by atoms with Crippen LogP contribution in [0.5, 0.6) is 0 Å². The van der Waals surface area contributed by atoms with E-state index < -0.39 is 0 Å². The van der Waals surface area contributed by atoms with E-state index in [9.17, 15) is 14.0 Å². The van der Waals surface area contributed by atoms with Gasteiger partial charge in [-0.25, -0.2) is 4.39 Å². The third-order valence-electron chi connectivity index (χ3n) is 3.43. The van der Waals surface area contributed by atoms with Gasteiger partial charge in [-0.15, -0.1) is 0 Å². The number of nitrogens with one attached hydrogen (secondary N) is 3. The Hall–Kier alpha value is -1.95. The van der Waals surface area contributed by atoms with Crippen molar-refractivity contribution in [3.63, 3.8) is 0 Å². The lowest BCUT2D eigenvalue weighted by molar-refractivity contribution is -0.121. The first-order valence-electron chi connectivity index (χ1n) is 7.19. The normalized spacial score (nSPS) is 17.5. The van der Waals surface area contributed by atoms with Crippen molar-refractivity contribution in [2.45, 2.75) is 25.3 Å². The van der Waals surface area contributed by atoms with Crippen LogP contribution in [-0.2, 0) is 4.79 Å². The predicted octanol–water partition coefficient (Wildman–Crippen LogP) is 0.814. The van der Waals surface area contributed by atoms with Crippen LogP contribution in [0.4, 0.5) is 4.39 Å². The molecule has 21 heavy (non-hydrogen) atoms. The number of benzene rings is 1. The summed E-state index contributed by atoms with van der Waals surface area (Å²) >= 11 is 0. The van der Waals surface area contributed by atoms with E-state index in [0.29, 0.717) is 25.1 Å². The molecule has 1 aliphatic rings. The van der Waals surface area contributed by atoms with Crippen molar-refractivity contribution in [2.75, 3.05) is 19.6 Å². The molecule has 1 aliphatic heterocycles. The average Bonchev–Trinajstić information content (AvgIpc) is 2.97. The summed E-state index contributed by atoms with van der Waals surface area (Å²) < 4.78 is 12.7. The van der Waals surface area contributed by atoms with Crippen molar-refractivity contribution in [3.05, 3.63) is 35.6 Å². The second kappa shape index (κ2) is 7.73. The molecule has 114 valence electrons. The molecule has 1 unspecified atom stereocenters. The predicted molar refractivity (Wildman–Crippen MR) is 77.4 cm³/mol. The smallest absolute Gasteiger partial charge is 0.251 e. The van der Waals surface area contributed by atoms with Crippen LogP contribution in [-0.4, -0.2) is 37.5 Å². The Bertz CT molecular complexity index is 484. The maximum atomic E-state index is 12.7. The minimum atomic E-state index is -0.376. The molecular formula is C15H20FN3O2. The molecule has 0 bridgehead atoms. The molecule has 5 nitrogen and oxygen atoms in total. The first kappa shape index (κ1) is 15.4. The molecule has 1 aromatic carbocycles. The van der Waals surface area contributed by atoms with Gasteiger partial charge in [0.2, 0.25) is 5.91 Å². The number of carbonyl (C=O) groups is 2. The van der Waals surface area contributed by atoms with Crippen molar-refractivity contribution in [1.29, 1.82) is 0 Å². The van der Waals surface area contributed by atoms with Gasteiger partial charge in [0.25, 0.3) is 5.91 Å². The van der Waals surface area contributed by atoms with Gasteiger partial charge >= 0.3 is 0 Å². The molecule has 1 saturated heterocycles. The molecule has 1 aromatic rings. The Morgan fingerprint density at radius 2 is 1.90 bits per heavy atom. The molecular weight excluding hydrogens is 273 g/mol. The van der Waals surface area contributed by atoms with Crippen LogP contribution in [0.2, 0.25) is 0 Å². The fraction of sp³-hybridized carbons (Fsp3) is 0.467. The Kier molecular flexibility index (Phi) is 5.68. The fourth-order valence-corrected chi connectivity index (χ4v) is 2.31. The van der Waals surface area contributed by atoms with E-state index in [1.54, 1.807) is 0 Å². The monoisotopic (exact) mass is 293 g/mol. The lowest BCUT2D eigenvalue weighted by atomic mass is 10.1. The molecule has 0 radical (unpaired) electrons. The Labute approximate surface area is 123 Å². The first-order valence-corrected chi connectivity index (χ1v) is 7.19. The molecule has 0 aromatic heterocycles. The second-order valence-corrected chi connectivity index (χ2v) is 5.11. The molecule has 1 heterocycles. The maximum Gasteiger partial charge on any atom is 0.251 e. The van der Waals surface area contributed by atoms with E-state index >= 15 is 0 Å². The molecule has 1 fully saturated rings. The summed E-state index contributed by atoms with van der Waals surface area (Å²) in [6, 6.07) is 5.61. The maximum absolute atomic E-state index is 12.7. The number of hydrogen-bond acceptors (Lipinski definition) is 3. The van der Waals surface area contributed by atoms with Gasteiger partial charge in [0.1, 0.15) is 5.82 Å². The molecule has 0 aliphatic carbocycles. The Morgan fingerprint density at radius 3 is 2.57 bits per heavy atom. The van der Waals surface area contributed by atoms with Gasteiger partial charge in [0, 0.05) is 31.1 Å². The van der Waals surface area contributed by atoms with Crippen molar-refractivity contribution in [2.24, 2.45) is 0 Å². The van der Waals surface area contributed by atoms with Crippen LogP contribution in [0.15, 0.2) is 24.3 Å². The second-order valence-electron chi connectivity index (χ2n) is 5.11. The van der Waals surface area contributed by atoms with Crippen LogP contribution in [0.25, 0.3) is 0 Å². The van der Waals surface area contributed by atoms with E-state index in [1.165, 1.54) is 24.3 Å². The van der Waals surface area contributed by atoms with E-state index in [0.717, 1.165) is 19.4 Å². The van der Waals surface area contributed by atoms with Gasteiger partial charge in [-0.3, -0.25) is 9.59 Å². The Balaban J connectivity index is 1.61. The molecule has 2 rings (SSSR count). The van der Waals surface area contributed by atoms with Crippen molar-refractivity contribution in [3.8, 4) is 0 Å². The van der Waals surface area contributed by atoms with Crippen molar-refractivity contribution < 1.29 is 14.0 Å². The molecule has 3 N–H and O–H groups in total. The highest BCUT2D eigenvalue weighted by atomic mass is 19.1. The summed E-state index contributed by atoms with van der Waals surface area (Å²) in [7, 11) is 0. The summed E-state index contributed by atoms with van der Waals surface area (Å²) in [5.41, 5.74) is 0.401. The molecule has 1 atom stereocenters. The van der Waals surface area contributed by atoms with E-state index in [1.807, 2.05) is 0 Å². The number of amides is 2.